The van der Waals surface area contributed by atoms with Crippen LogP contribution in [0.1, 0.15) is 16.7 Å². The van der Waals surface area contributed by atoms with E-state index in [2.05, 4.69) is 10.0 Å². The maximum atomic E-state index is 12.6. The van der Waals surface area contributed by atoms with E-state index in [0.717, 1.165) is 16.7 Å². The lowest BCUT2D eigenvalue weighted by Crippen LogP contribution is -2.16. The van der Waals surface area contributed by atoms with Gasteiger partial charge in [0.1, 0.15) is 5.75 Å². The predicted octanol–water partition coefficient (Wildman–Crippen LogP) is 4.29. The zero-order chi connectivity index (χ0) is 21.7. The molecule has 0 aliphatic heterocycles. The molecule has 3 rings (SSSR count). The molecule has 0 heterocycles. The Morgan fingerprint density at radius 3 is 2.17 bits per heavy atom. The summed E-state index contributed by atoms with van der Waals surface area (Å²) < 4.78 is 32.7. The van der Waals surface area contributed by atoms with Crippen molar-refractivity contribution in [2.45, 2.75) is 25.2 Å². The van der Waals surface area contributed by atoms with Gasteiger partial charge in [0.25, 0.3) is 10.0 Å². The van der Waals surface area contributed by atoms with Gasteiger partial charge < -0.3 is 10.1 Å². The van der Waals surface area contributed by atoms with E-state index in [0.29, 0.717) is 17.1 Å². The highest BCUT2D eigenvalue weighted by Gasteiger charge is 2.15. The maximum absolute atomic E-state index is 12.6. The second-order valence-electron chi connectivity index (χ2n) is 7.01. The Labute approximate surface area is 177 Å². The molecule has 0 saturated carbocycles. The summed E-state index contributed by atoms with van der Waals surface area (Å²) in [6.07, 6.45) is 0.257. The minimum atomic E-state index is -3.74. The van der Waals surface area contributed by atoms with E-state index >= 15 is 0 Å². The number of anilines is 2. The number of rotatable bonds is 7. The van der Waals surface area contributed by atoms with Crippen LogP contribution in [0.15, 0.2) is 71.6 Å². The first-order chi connectivity index (χ1) is 14.3. The smallest absolute Gasteiger partial charge is 0.261 e. The molecule has 0 spiro atoms. The van der Waals surface area contributed by atoms with Crippen LogP contribution >= 0.6 is 0 Å². The molecule has 0 fully saturated rings. The van der Waals surface area contributed by atoms with Gasteiger partial charge in [0.2, 0.25) is 5.91 Å². The van der Waals surface area contributed by atoms with Gasteiger partial charge in [-0.25, -0.2) is 8.42 Å². The first kappa shape index (κ1) is 21.4. The Kier molecular flexibility index (Phi) is 6.42. The summed E-state index contributed by atoms with van der Waals surface area (Å²) >= 11 is 0. The van der Waals surface area contributed by atoms with Gasteiger partial charge in [-0.05, 0) is 73.5 Å². The molecule has 0 atom stereocenters. The number of amides is 1. The third-order valence-corrected chi connectivity index (χ3v) is 6.04. The summed E-state index contributed by atoms with van der Waals surface area (Å²) in [4.78, 5) is 12.5. The first-order valence-electron chi connectivity index (χ1n) is 9.40. The molecule has 1 amide bonds. The highest BCUT2D eigenvalue weighted by molar-refractivity contribution is 7.92. The van der Waals surface area contributed by atoms with Crippen LogP contribution in [0.2, 0.25) is 0 Å². The van der Waals surface area contributed by atoms with Crippen molar-refractivity contribution >= 4 is 27.3 Å². The van der Waals surface area contributed by atoms with Crippen molar-refractivity contribution in [1.29, 1.82) is 0 Å². The molecule has 0 aromatic heterocycles. The van der Waals surface area contributed by atoms with E-state index < -0.39 is 10.0 Å². The summed E-state index contributed by atoms with van der Waals surface area (Å²) in [5.74, 6) is 0.481. The summed E-state index contributed by atoms with van der Waals surface area (Å²) in [5, 5.41) is 2.81. The first-order valence-corrected chi connectivity index (χ1v) is 10.9. The fraction of sp³-hybridized carbons (Fsp3) is 0.174. The fourth-order valence-electron chi connectivity index (χ4n) is 2.96. The second kappa shape index (κ2) is 9.00. The van der Waals surface area contributed by atoms with Crippen molar-refractivity contribution in [2.24, 2.45) is 0 Å². The number of nitrogens with one attached hydrogen (secondary N) is 2. The van der Waals surface area contributed by atoms with Crippen molar-refractivity contribution < 1.29 is 17.9 Å². The van der Waals surface area contributed by atoms with Crippen LogP contribution in [0.3, 0.4) is 0 Å². The van der Waals surface area contributed by atoms with Crippen molar-refractivity contribution in [3.63, 3.8) is 0 Å². The molecule has 3 aromatic rings. The topological polar surface area (TPSA) is 84.5 Å². The number of carbonyl (C=O) groups is 1. The van der Waals surface area contributed by atoms with E-state index in [1.165, 1.54) is 12.1 Å². The van der Waals surface area contributed by atoms with Gasteiger partial charge in [-0.1, -0.05) is 23.8 Å². The van der Waals surface area contributed by atoms with Crippen molar-refractivity contribution in [3.05, 3.63) is 83.4 Å². The molecule has 0 bridgehead atoms. The number of methoxy groups -OCH3 is 1. The highest BCUT2D eigenvalue weighted by atomic mass is 32.2. The Hall–Kier alpha value is -3.32. The predicted molar refractivity (Wildman–Crippen MR) is 118 cm³/mol. The van der Waals surface area contributed by atoms with E-state index in [1.54, 1.807) is 43.5 Å². The van der Waals surface area contributed by atoms with E-state index in [1.807, 2.05) is 32.0 Å². The van der Waals surface area contributed by atoms with Crippen molar-refractivity contribution in [1.82, 2.24) is 0 Å². The average molecular weight is 425 g/mol. The van der Waals surface area contributed by atoms with Crippen LogP contribution in [-0.4, -0.2) is 21.4 Å². The lowest BCUT2D eigenvalue weighted by Gasteiger charge is -2.11. The molecule has 2 N–H and O–H groups in total. The summed E-state index contributed by atoms with van der Waals surface area (Å²) in [5.41, 5.74) is 4.09. The molecule has 6 nitrogen and oxygen atoms in total. The third-order valence-electron chi connectivity index (χ3n) is 4.65. The average Bonchev–Trinajstić information content (AvgIpc) is 2.71. The number of benzene rings is 3. The van der Waals surface area contributed by atoms with E-state index in [4.69, 9.17) is 4.74 Å². The Morgan fingerprint density at radius 1 is 0.900 bits per heavy atom. The van der Waals surface area contributed by atoms with Crippen LogP contribution in [0, 0.1) is 13.8 Å². The second-order valence-corrected chi connectivity index (χ2v) is 8.70. The van der Waals surface area contributed by atoms with Gasteiger partial charge in [0.15, 0.2) is 0 Å². The van der Waals surface area contributed by atoms with Gasteiger partial charge in [-0.3, -0.25) is 9.52 Å². The molecular weight excluding hydrogens is 400 g/mol. The van der Waals surface area contributed by atoms with Gasteiger partial charge >= 0.3 is 0 Å². The van der Waals surface area contributed by atoms with Gasteiger partial charge in [-0.15, -0.1) is 0 Å². The summed E-state index contributed by atoms with van der Waals surface area (Å²) in [6, 6.07) is 18.7. The minimum absolute atomic E-state index is 0.103. The fourth-order valence-corrected chi connectivity index (χ4v) is 4.02. The Bertz CT molecular complexity index is 1140. The number of hydrogen-bond acceptors (Lipinski definition) is 4. The zero-order valence-corrected chi connectivity index (χ0v) is 17.9. The monoisotopic (exact) mass is 424 g/mol. The maximum Gasteiger partial charge on any atom is 0.261 e. The quantitative estimate of drug-likeness (QED) is 0.592. The Morgan fingerprint density at radius 2 is 1.53 bits per heavy atom. The summed E-state index contributed by atoms with van der Waals surface area (Å²) in [7, 11) is -2.20. The lowest BCUT2D eigenvalue weighted by atomic mass is 10.0. The van der Waals surface area contributed by atoms with Crippen LogP contribution in [0.25, 0.3) is 0 Å². The minimum Gasteiger partial charge on any atom is -0.497 e. The molecule has 156 valence electrons. The van der Waals surface area contributed by atoms with E-state index in [9.17, 15) is 13.2 Å². The Balaban J connectivity index is 1.66. The van der Waals surface area contributed by atoms with Crippen LogP contribution in [0.4, 0.5) is 11.4 Å². The largest absolute Gasteiger partial charge is 0.497 e. The number of sulfonamides is 1. The van der Waals surface area contributed by atoms with Gasteiger partial charge in [0, 0.05) is 11.4 Å². The molecule has 0 aliphatic rings. The molecule has 0 radical (unpaired) electrons. The summed E-state index contributed by atoms with van der Waals surface area (Å²) in [6.45, 7) is 3.96. The molecule has 30 heavy (non-hydrogen) atoms. The number of ether oxygens (including phenoxy) is 1. The number of carbonyl (C=O) groups excluding carboxylic acids is 1. The lowest BCUT2D eigenvalue weighted by molar-refractivity contribution is -0.115. The van der Waals surface area contributed by atoms with Crippen molar-refractivity contribution in [2.75, 3.05) is 17.1 Å². The number of aryl methyl sites for hydroxylation is 2. The molecule has 0 saturated heterocycles. The molecule has 7 heteroatoms. The van der Waals surface area contributed by atoms with Crippen molar-refractivity contribution in [3.8, 4) is 5.75 Å². The van der Waals surface area contributed by atoms with Crippen LogP contribution < -0.4 is 14.8 Å². The molecular formula is C23H24N2O4S. The van der Waals surface area contributed by atoms with E-state index in [-0.39, 0.29) is 17.2 Å². The zero-order valence-electron chi connectivity index (χ0n) is 17.1. The highest BCUT2D eigenvalue weighted by Crippen LogP contribution is 2.21. The van der Waals surface area contributed by atoms with Crippen LogP contribution in [-0.2, 0) is 21.2 Å². The molecule has 3 aromatic carbocycles. The molecule has 0 unspecified atom stereocenters. The normalized spacial score (nSPS) is 11.0. The standard InChI is InChI=1S/C23H24N2O4S/c1-16-4-5-17(2)18(14-16)15-23(26)24-19-8-12-22(13-9-19)30(27,28)25-20-6-10-21(29-3)11-7-20/h4-14,25H,15H2,1-3H3,(H,24,26). The molecule has 0 aliphatic carbocycles. The van der Waals surface area contributed by atoms with Gasteiger partial charge in [0.05, 0.1) is 18.4 Å². The van der Waals surface area contributed by atoms with Gasteiger partial charge in [-0.2, -0.15) is 0 Å². The third kappa shape index (κ3) is 5.39. The number of hydrogen-bond donors (Lipinski definition) is 2. The van der Waals surface area contributed by atoms with Crippen LogP contribution in [0.5, 0.6) is 5.75 Å². The SMILES string of the molecule is COc1ccc(NS(=O)(=O)c2ccc(NC(=O)Cc3cc(C)ccc3C)cc2)cc1.